The average molecular weight is 424 g/mol. The molecule has 10 heteroatoms. The zero-order valence-corrected chi connectivity index (χ0v) is 17.8. The Morgan fingerprint density at radius 3 is 2.46 bits per heavy atom. The number of nitrogens with zero attached hydrogens (tertiary/aromatic N) is 3. The molecule has 1 amide bonds. The van der Waals surface area contributed by atoms with E-state index in [-0.39, 0.29) is 15.4 Å². The lowest BCUT2D eigenvalue weighted by molar-refractivity contribution is -0.114. The van der Waals surface area contributed by atoms with Crippen molar-refractivity contribution in [2.45, 2.75) is 44.0 Å². The molecule has 1 unspecified atom stereocenters. The summed E-state index contributed by atoms with van der Waals surface area (Å²) in [5, 5.41) is 9.93. The highest BCUT2D eigenvalue weighted by atomic mass is 32.2. The molecule has 1 aliphatic rings. The number of nitrogens with one attached hydrogen (secondary N) is 2. The summed E-state index contributed by atoms with van der Waals surface area (Å²) in [4.78, 5) is 13.4. The van der Waals surface area contributed by atoms with Gasteiger partial charge >= 0.3 is 0 Å². The van der Waals surface area contributed by atoms with E-state index in [4.69, 9.17) is 0 Å². The second-order valence-corrected chi connectivity index (χ2v) is 10.0. The predicted octanol–water partition coefficient (Wildman–Crippen LogP) is 2.77. The van der Waals surface area contributed by atoms with Gasteiger partial charge in [-0.25, -0.2) is 13.1 Å². The highest BCUT2D eigenvalue weighted by Crippen LogP contribution is 2.26. The standard InChI is InChI=1S/C18H25N5O3S2/c1-12-8-10-23(11-9-12)16-6-4-15(5-7-16)13(2)22-28(25,26)18-21-20-17(27-18)19-14(3)24/h4-7,12-13,22H,8-11H2,1-3H3,(H,19,20,24). The molecule has 0 spiro atoms. The molecule has 1 fully saturated rings. The molecule has 1 aromatic heterocycles. The van der Waals surface area contributed by atoms with Crippen LogP contribution < -0.4 is 14.9 Å². The molecule has 0 saturated carbocycles. The second-order valence-electron chi connectivity index (χ2n) is 7.16. The lowest BCUT2D eigenvalue weighted by Crippen LogP contribution is -2.32. The zero-order chi connectivity index (χ0) is 20.3. The van der Waals surface area contributed by atoms with E-state index in [1.807, 2.05) is 24.3 Å². The number of anilines is 2. The van der Waals surface area contributed by atoms with Crippen LogP contribution in [0.25, 0.3) is 0 Å². The maximum atomic E-state index is 12.5. The van der Waals surface area contributed by atoms with Crippen LogP contribution in [0.1, 0.15) is 45.2 Å². The molecule has 28 heavy (non-hydrogen) atoms. The smallest absolute Gasteiger partial charge is 0.270 e. The SMILES string of the molecule is CC(=O)Nc1nnc(S(=O)(=O)NC(C)c2ccc(N3CCC(C)CC3)cc2)s1. The predicted molar refractivity (Wildman–Crippen MR) is 110 cm³/mol. The first-order chi connectivity index (χ1) is 13.2. The highest BCUT2D eigenvalue weighted by Gasteiger charge is 2.24. The first-order valence-electron chi connectivity index (χ1n) is 9.23. The quantitative estimate of drug-likeness (QED) is 0.693. The van der Waals surface area contributed by atoms with Crippen molar-refractivity contribution in [1.82, 2.24) is 14.9 Å². The van der Waals surface area contributed by atoms with E-state index in [0.29, 0.717) is 0 Å². The molecule has 1 aliphatic heterocycles. The van der Waals surface area contributed by atoms with Crippen molar-refractivity contribution >= 4 is 38.1 Å². The van der Waals surface area contributed by atoms with Crippen LogP contribution in [0.3, 0.4) is 0 Å². The summed E-state index contributed by atoms with van der Waals surface area (Å²) in [5.74, 6) is 0.446. The Hall–Kier alpha value is -2.04. The number of carbonyl (C=O) groups excluding carboxylic acids is 1. The average Bonchev–Trinajstić information content (AvgIpc) is 3.11. The summed E-state index contributed by atoms with van der Waals surface area (Å²) in [6, 6.07) is 7.55. The summed E-state index contributed by atoms with van der Waals surface area (Å²) in [6.07, 6.45) is 2.39. The van der Waals surface area contributed by atoms with Gasteiger partial charge in [-0.15, -0.1) is 10.2 Å². The normalized spacial score (nSPS) is 16.8. The van der Waals surface area contributed by atoms with E-state index in [0.717, 1.165) is 41.6 Å². The van der Waals surface area contributed by atoms with Crippen molar-refractivity contribution in [3.63, 3.8) is 0 Å². The second kappa shape index (κ2) is 8.54. The third kappa shape index (κ3) is 5.06. The highest BCUT2D eigenvalue weighted by molar-refractivity contribution is 7.91. The van der Waals surface area contributed by atoms with Gasteiger partial charge in [0.15, 0.2) is 0 Å². The van der Waals surface area contributed by atoms with Crippen LogP contribution in [-0.4, -0.2) is 37.6 Å². The van der Waals surface area contributed by atoms with Crippen molar-refractivity contribution in [2.75, 3.05) is 23.3 Å². The fourth-order valence-corrected chi connectivity index (χ4v) is 5.31. The van der Waals surface area contributed by atoms with Gasteiger partial charge in [0.2, 0.25) is 15.4 Å². The number of benzene rings is 1. The number of carbonyl (C=O) groups is 1. The third-order valence-electron chi connectivity index (χ3n) is 4.79. The van der Waals surface area contributed by atoms with Crippen molar-refractivity contribution in [1.29, 1.82) is 0 Å². The van der Waals surface area contributed by atoms with Gasteiger partial charge in [0, 0.05) is 31.7 Å². The number of sulfonamides is 1. The Balaban J connectivity index is 1.65. The van der Waals surface area contributed by atoms with E-state index in [2.05, 4.69) is 32.1 Å². The molecule has 1 atom stereocenters. The molecule has 2 heterocycles. The fraction of sp³-hybridized carbons (Fsp3) is 0.500. The first kappa shape index (κ1) is 20.7. The summed E-state index contributed by atoms with van der Waals surface area (Å²) < 4.78 is 27.5. The topological polar surface area (TPSA) is 104 Å². The Morgan fingerprint density at radius 2 is 1.86 bits per heavy atom. The van der Waals surface area contributed by atoms with Crippen LogP contribution in [0, 0.1) is 5.92 Å². The lowest BCUT2D eigenvalue weighted by Gasteiger charge is -2.32. The van der Waals surface area contributed by atoms with Gasteiger partial charge in [0.1, 0.15) is 0 Å². The van der Waals surface area contributed by atoms with Crippen LogP contribution in [0.2, 0.25) is 0 Å². The molecular weight excluding hydrogens is 398 g/mol. The molecule has 0 radical (unpaired) electrons. The number of aromatic nitrogens is 2. The van der Waals surface area contributed by atoms with Crippen LogP contribution >= 0.6 is 11.3 Å². The summed E-state index contributed by atoms with van der Waals surface area (Å²) in [7, 11) is -3.83. The molecule has 1 aromatic carbocycles. The van der Waals surface area contributed by atoms with E-state index < -0.39 is 16.1 Å². The van der Waals surface area contributed by atoms with Crippen LogP contribution in [0.5, 0.6) is 0 Å². The van der Waals surface area contributed by atoms with E-state index in [1.165, 1.54) is 19.8 Å². The lowest BCUT2D eigenvalue weighted by atomic mass is 9.98. The minimum Gasteiger partial charge on any atom is -0.372 e. The third-order valence-corrected chi connectivity index (χ3v) is 7.54. The maximum absolute atomic E-state index is 12.5. The van der Waals surface area contributed by atoms with E-state index in [9.17, 15) is 13.2 Å². The number of hydrogen-bond acceptors (Lipinski definition) is 7. The van der Waals surface area contributed by atoms with Crippen LogP contribution in [-0.2, 0) is 14.8 Å². The van der Waals surface area contributed by atoms with Gasteiger partial charge in [-0.05, 0) is 43.4 Å². The van der Waals surface area contributed by atoms with E-state index in [1.54, 1.807) is 6.92 Å². The molecular formula is C18H25N5O3S2. The van der Waals surface area contributed by atoms with Crippen LogP contribution in [0.15, 0.2) is 28.6 Å². The number of hydrogen-bond donors (Lipinski definition) is 2. The van der Waals surface area contributed by atoms with Crippen molar-refractivity contribution in [2.24, 2.45) is 5.92 Å². The minimum absolute atomic E-state index is 0.153. The molecule has 152 valence electrons. The first-order valence-corrected chi connectivity index (χ1v) is 11.5. The monoisotopic (exact) mass is 423 g/mol. The molecule has 2 N–H and O–H groups in total. The summed E-state index contributed by atoms with van der Waals surface area (Å²) in [5.41, 5.74) is 2.03. The largest absolute Gasteiger partial charge is 0.372 e. The summed E-state index contributed by atoms with van der Waals surface area (Å²) in [6.45, 7) is 7.49. The Labute approximate surface area is 169 Å². The molecule has 0 aliphatic carbocycles. The minimum atomic E-state index is -3.83. The van der Waals surface area contributed by atoms with Gasteiger partial charge in [-0.2, -0.15) is 0 Å². The van der Waals surface area contributed by atoms with Gasteiger partial charge in [-0.1, -0.05) is 30.4 Å². The van der Waals surface area contributed by atoms with Crippen molar-refractivity contribution < 1.29 is 13.2 Å². The van der Waals surface area contributed by atoms with E-state index >= 15 is 0 Å². The van der Waals surface area contributed by atoms with Gasteiger partial charge in [-0.3, -0.25) is 4.79 Å². The number of rotatable bonds is 6. The Morgan fingerprint density at radius 1 is 1.21 bits per heavy atom. The Bertz CT molecular complexity index is 919. The molecule has 0 bridgehead atoms. The molecule has 8 nitrogen and oxygen atoms in total. The number of piperidine rings is 1. The van der Waals surface area contributed by atoms with Gasteiger partial charge in [0.25, 0.3) is 10.0 Å². The van der Waals surface area contributed by atoms with Gasteiger partial charge < -0.3 is 10.2 Å². The number of amides is 1. The molecule has 1 saturated heterocycles. The van der Waals surface area contributed by atoms with Gasteiger partial charge in [0.05, 0.1) is 0 Å². The molecule has 2 aromatic rings. The summed E-state index contributed by atoms with van der Waals surface area (Å²) >= 11 is 0.815. The van der Waals surface area contributed by atoms with Crippen molar-refractivity contribution in [3.05, 3.63) is 29.8 Å². The maximum Gasteiger partial charge on any atom is 0.270 e. The molecule has 3 rings (SSSR count). The Kier molecular flexibility index (Phi) is 6.31. The van der Waals surface area contributed by atoms with Crippen molar-refractivity contribution in [3.8, 4) is 0 Å². The zero-order valence-electron chi connectivity index (χ0n) is 16.2. The fourth-order valence-electron chi connectivity index (χ4n) is 3.11. The van der Waals surface area contributed by atoms with Crippen LogP contribution in [0.4, 0.5) is 10.8 Å².